The van der Waals surface area contributed by atoms with Crippen molar-refractivity contribution in [3.63, 3.8) is 0 Å². The van der Waals surface area contributed by atoms with Crippen molar-refractivity contribution >= 4 is 0 Å². The van der Waals surface area contributed by atoms with Crippen molar-refractivity contribution < 1.29 is 0 Å². The Morgan fingerprint density at radius 2 is 1.47 bits per heavy atom. The van der Waals surface area contributed by atoms with Gasteiger partial charge in [0.05, 0.1) is 0 Å². The van der Waals surface area contributed by atoms with Crippen molar-refractivity contribution in [3.8, 4) is 0 Å². The highest BCUT2D eigenvalue weighted by Crippen LogP contribution is 2.19. The summed E-state index contributed by atoms with van der Waals surface area (Å²) in [5.41, 5.74) is 4.25. The molecule has 0 heterocycles. The van der Waals surface area contributed by atoms with Gasteiger partial charge in [0.2, 0.25) is 0 Å². The summed E-state index contributed by atoms with van der Waals surface area (Å²) in [6.45, 7) is 18.8. The third-order valence-electron chi connectivity index (χ3n) is 2.06. The molecular formula is C15H26. The molecule has 0 fully saturated rings. The first-order valence-corrected chi connectivity index (χ1v) is 5.68. The molecule has 0 aliphatic carbocycles. The lowest BCUT2D eigenvalue weighted by Gasteiger charge is -2.09. The maximum atomic E-state index is 3.00. The summed E-state index contributed by atoms with van der Waals surface area (Å²) >= 11 is 0. The van der Waals surface area contributed by atoms with E-state index in [1.165, 1.54) is 16.7 Å². The van der Waals surface area contributed by atoms with Crippen LogP contribution < -0.4 is 0 Å². The van der Waals surface area contributed by atoms with E-state index < -0.39 is 0 Å². The summed E-state index contributed by atoms with van der Waals surface area (Å²) in [6, 6.07) is 6.64. The van der Waals surface area contributed by atoms with Gasteiger partial charge in [-0.15, -0.1) is 13.2 Å². The van der Waals surface area contributed by atoms with Gasteiger partial charge in [-0.05, 0) is 30.9 Å². The molecule has 0 atom stereocenters. The minimum atomic E-state index is 0.648. The molecule has 15 heavy (non-hydrogen) atoms. The zero-order chi connectivity index (χ0) is 12.4. The largest absolute Gasteiger partial charge is 0.106 e. The lowest BCUT2D eigenvalue weighted by Crippen LogP contribution is -1.91. The average Bonchev–Trinajstić information content (AvgIpc) is 2.27. The van der Waals surface area contributed by atoms with Crippen LogP contribution in [0.4, 0.5) is 0 Å². The number of rotatable bonds is 1. The molecule has 1 rings (SSSR count). The van der Waals surface area contributed by atoms with Crippen LogP contribution in [0, 0.1) is 13.8 Å². The molecule has 0 radical (unpaired) electrons. The fourth-order valence-electron chi connectivity index (χ4n) is 1.38. The van der Waals surface area contributed by atoms with E-state index >= 15 is 0 Å². The van der Waals surface area contributed by atoms with Crippen molar-refractivity contribution in [1.82, 2.24) is 0 Å². The van der Waals surface area contributed by atoms with Crippen LogP contribution in [-0.2, 0) is 0 Å². The molecule has 0 saturated heterocycles. The molecule has 0 N–H and O–H groups in total. The molecule has 0 aliphatic heterocycles. The van der Waals surface area contributed by atoms with Crippen molar-refractivity contribution in [1.29, 1.82) is 0 Å². The van der Waals surface area contributed by atoms with Crippen LogP contribution >= 0.6 is 0 Å². The zero-order valence-electron chi connectivity index (χ0n) is 11.2. The second-order valence-corrected chi connectivity index (χ2v) is 3.51. The summed E-state index contributed by atoms with van der Waals surface area (Å²) in [5, 5.41) is 0. The molecule has 1 aromatic rings. The topological polar surface area (TPSA) is 0 Å². The molecule has 0 nitrogen and oxygen atoms in total. The third-order valence-corrected chi connectivity index (χ3v) is 2.06. The van der Waals surface area contributed by atoms with E-state index in [0.717, 1.165) is 0 Å². The van der Waals surface area contributed by atoms with Crippen LogP contribution in [0.1, 0.15) is 50.3 Å². The van der Waals surface area contributed by atoms with E-state index in [9.17, 15) is 0 Å². The van der Waals surface area contributed by atoms with Gasteiger partial charge in [-0.2, -0.15) is 0 Å². The third kappa shape index (κ3) is 6.11. The smallest absolute Gasteiger partial charge is 0.0216 e. The van der Waals surface area contributed by atoms with Gasteiger partial charge in [0.25, 0.3) is 0 Å². The summed E-state index contributed by atoms with van der Waals surface area (Å²) in [7, 11) is 0. The number of hydrogen-bond acceptors (Lipinski definition) is 0. The maximum absolute atomic E-state index is 3.00. The normalized spacial score (nSPS) is 8.47. The lowest BCUT2D eigenvalue weighted by atomic mass is 9.96. The summed E-state index contributed by atoms with van der Waals surface area (Å²) in [6.07, 6.45) is 0. The Hall–Kier alpha value is -1.04. The van der Waals surface area contributed by atoms with Gasteiger partial charge < -0.3 is 0 Å². The fraction of sp³-hybridized carbons (Fsp3) is 0.467. The highest BCUT2D eigenvalue weighted by Gasteiger charge is 2.01. The first-order chi connectivity index (χ1) is 7.11. The van der Waals surface area contributed by atoms with Crippen molar-refractivity contribution in [2.24, 2.45) is 0 Å². The molecule has 0 unspecified atom stereocenters. The zero-order valence-corrected chi connectivity index (χ0v) is 11.2. The van der Waals surface area contributed by atoms with Gasteiger partial charge in [0, 0.05) is 0 Å². The molecule has 0 saturated carbocycles. The summed E-state index contributed by atoms with van der Waals surface area (Å²) < 4.78 is 0. The first kappa shape index (κ1) is 16.4. The average molecular weight is 206 g/mol. The van der Waals surface area contributed by atoms with Crippen LogP contribution in [-0.4, -0.2) is 0 Å². The Bertz CT molecular complexity index is 259. The molecule has 0 aromatic heterocycles. The van der Waals surface area contributed by atoms with Gasteiger partial charge in [-0.25, -0.2) is 0 Å². The van der Waals surface area contributed by atoms with Crippen LogP contribution in [0.5, 0.6) is 0 Å². The predicted molar refractivity (Wildman–Crippen MR) is 72.6 cm³/mol. The quantitative estimate of drug-likeness (QED) is 0.550. The lowest BCUT2D eigenvalue weighted by molar-refractivity contribution is 0.854. The van der Waals surface area contributed by atoms with E-state index in [2.05, 4.69) is 59.1 Å². The Kier molecular flexibility index (Phi) is 10.4. The number of aryl methyl sites for hydroxylation is 2. The molecular weight excluding hydrogens is 180 g/mol. The van der Waals surface area contributed by atoms with Gasteiger partial charge >= 0.3 is 0 Å². The minimum absolute atomic E-state index is 0.648. The SMILES string of the molecule is C=C.CC.Cc1ccc(C)c(C(C)C)c1. The standard InChI is InChI=1S/C11H16.C2H6.C2H4/c1-8(2)11-7-9(3)5-6-10(11)4;2*1-2/h5-8H,1-4H3;1-2H3;1-2H2. The molecule has 0 amide bonds. The highest BCUT2D eigenvalue weighted by atomic mass is 14.1. The molecule has 1 aromatic carbocycles. The summed E-state index contributed by atoms with van der Waals surface area (Å²) in [4.78, 5) is 0. The molecule has 0 bridgehead atoms. The molecule has 0 aliphatic rings. The van der Waals surface area contributed by atoms with Crippen LogP contribution in [0.25, 0.3) is 0 Å². The van der Waals surface area contributed by atoms with E-state index in [1.807, 2.05) is 13.8 Å². The number of benzene rings is 1. The van der Waals surface area contributed by atoms with E-state index in [-0.39, 0.29) is 0 Å². The van der Waals surface area contributed by atoms with Gasteiger partial charge in [-0.3, -0.25) is 0 Å². The minimum Gasteiger partial charge on any atom is -0.106 e. The van der Waals surface area contributed by atoms with Crippen molar-refractivity contribution in [3.05, 3.63) is 48.0 Å². The Balaban J connectivity index is 0. The van der Waals surface area contributed by atoms with Crippen molar-refractivity contribution in [2.75, 3.05) is 0 Å². The maximum Gasteiger partial charge on any atom is -0.0216 e. The Labute approximate surface area is 96.0 Å². The van der Waals surface area contributed by atoms with Crippen LogP contribution in [0.3, 0.4) is 0 Å². The second-order valence-electron chi connectivity index (χ2n) is 3.51. The van der Waals surface area contributed by atoms with E-state index in [4.69, 9.17) is 0 Å². The second kappa shape index (κ2) is 9.51. The monoisotopic (exact) mass is 206 g/mol. The highest BCUT2D eigenvalue weighted by molar-refractivity contribution is 5.32. The Morgan fingerprint density at radius 3 is 1.80 bits per heavy atom. The molecule has 86 valence electrons. The van der Waals surface area contributed by atoms with Gasteiger partial charge in [-0.1, -0.05) is 51.5 Å². The number of hydrogen-bond donors (Lipinski definition) is 0. The first-order valence-electron chi connectivity index (χ1n) is 5.68. The van der Waals surface area contributed by atoms with Gasteiger partial charge in [0.1, 0.15) is 0 Å². The Morgan fingerprint density at radius 1 is 1.00 bits per heavy atom. The molecule has 0 spiro atoms. The molecule has 0 heteroatoms. The van der Waals surface area contributed by atoms with Gasteiger partial charge in [0.15, 0.2) is 0 Å². The van der Waals surface area contributed by atoms with Crippen LogP contribution in [0.2, 0.25) is 0 Å². The fourth-order valence-corrected chi connectivity index (χ4v) is 1.38. The summed E-state index contributed by atoms with van der Waals surface area (Å²) in [5.74, 6) is 0.648. The van der Waals surface area contributed by atoms with E-state index in [0.29, 0.717) is 5.92 Å². The predicted octanol–water partition coefficient (Wildman–Crippen LogP) is 5.26. The van der Waals surface area contributed by atoms with Crippen LogP contribution in [0.15, 0.2) is 31.4 Å². The van der Waals surface area contributed by atoms with Crippen molar-refractivity contribution in [2.45, 2.75) is 47.5 Å². The van der Waals surface area contributed by atoms with E-state index in [1.54, 1.807) is 0 Å².